The van der Waals surface area contributed by atoms with Gasteiger partial charge in [0.15, 0.2) is 11.6 Å². The number of carbonyl (C=O) groups excluding carboxylic acids is 1. The average Bonchev–Trinajstić information content (AvgIpc) is 3.42. The Labute approximate surface area is 180 Å². The molecular weight excluding hydrogens is 437 g/mol. The second-order valence-electron chi connectivity index (χ2n) is 6.20. The van der Waals surface area contributed by atoms with Crippen LogP contribution in [0.25, 0.3) is 0 Å². The Bertz CT molecular complexity index is 1150. The van der Waals surface area contributed by atoms with Gasteiger partial charge in [-0.05, 0) is 35.9 Å². The van der Waals surface area contributed by atoms with E-state index in [1.807, 2.05) is 18.3 Å². The molecule has 4 aromatic rings. The van der Waals surface area contributed by atoms with Crippen molar-refractivity contribution >= 4 is 46.5 Å². The van der Waals surface area contributed by atoms with E-state index in [4.69, 9.17) is 39.2 Å². The molecule has 7 nitrogen and oxygen atoms in total. The number of nitrogens with zero attached hydrogens (tertiary/aromatic N) is 4. The minimum Gasteiger partial charge on any atom is -0.454 e. The lowest BCUT2D eigenvalue weighted by atomic mass is 10.2. The van der Waals surface area contributed by atoms with E-state index < -0.39 is 5.91 Å². The Hall–Kier alpha value is -2.74. The van der Waals surface area contributed by atoms with E-state index in [9.17, 15) is 4.79 Å². The fraction of sp³-hybridized carbons (Fsp3) is 0.105. The monoisotopic (exact) mass is 449 g/mol. The van der Waals surface area contributed by atoms with Crippen molar-refractivity contribution < 1.29 is 9.21 Å². The summed E-state index contributed by atoms with van der Waals surface area (Å²) in [4.78, 5) is 12.5. The summed E-state index contributed by atoms with van der Waals surface area (Å²) in [5, 5.41) is 12.3. The average molecular weight is 451 g/mol. The van der Waals surface area contributed by atoms with E-state index in [2.05, 4.69) is 15.5 Å². The largest absolute Gasteiger partial charge is 0.454 e. The fourth-order valence-corrected chi connectivity index (χ4v) is 3.21. The second-order valence-corrected chi connectivity index (χ2v) is 7.42. The molecule has 29 heavy (non-hydrogen) atoms. The molecule has 1 amide bonds. The predicted molar refractivity (Wildman–Crippen MR) is 111 cm³/mol. The Morgan fingerprint density at radius 3 is 2.66 bits per heavy atom. The van der Waals surface area contributed by atoms with Crippen LogP contribution in [0, 0.1) is 0 Å². The maximum atomic E-state index is 12.5. The molecule has 4 rings (SSSR count). The Morgan fingerprint density at radius 2 is 1.90 bits per heavy atom. The molecule has 1 aromatic carbocycles. The fourth-order valence-electron chi connectivity index (χ4n) is 2.70. The minimum atomic E-state index is -0.446. The molecule has 10 heteroatoms. The number of carbonyl (C=O) groups is 1. The molecule has 0 aliphatic heterocycles. The van der Waals surface area contributed by atoms with Gasteiger partial charge in [-0.2, -0.15) is 10.2 Å². The number of hydrogen-bond donors (Lipinski definition) is 1. The third-order valence-corrected chi connectivity index (χ3v) is 5.06. The Kier molecular flexibility index (Phi) is 5.62. The number of rotatable bonds is 6. The van der Waals surface area contributed by atoms with Gasteiger partial charge in [-0.25, -0.2) is 0 Å². The summed E-state index contributed by atoms with van der Waals surface area (Å²) in [5.74, 6) is 0.553. The van der Waals surface area contributed by atoms with Crippen LogP contribution in [0.2, 0.25) is 15.1 Å². The van der Waals surface area contributed by atoms with E-state index in [0.717, 1.165) is 5.56 Å². The van der Waals surface area contributed by atoms with E-state index in [1.165, 1.54) is 0 Å². The highest BCUT2D eigenvalue weighted by Gasteiger charge is 2.16. The van der Waals surface area contributed by atoms with Crippen LogP contribution in [0.5, 0.6) is 0 Å². The first-order chi connectivity index (χ1) is 14.0. The molecule has 3 heterocycles. The van der Waals surface area contributed by atoms with Crippen molar-refractivity contribution in [2.45, 2.75) is 13.1 Å². The minimum absolute atomic E-state index is 0.155. The predicted octanol–water partition coefficient (Wildman–Crippen LogP) is 4.98. The smallest absolute Gasteiger partial charge is 0.292 e. The zero-order chi connectivity index (χ0) is 20.4. The van der Waals surface area contributed by atoms with Crippen molar-refractivity contribution in [3.8, 4) is 0 Å². The zero-order valence-corrected chi connectivity index (χ0v) is 17.1. The topological polar surface area (TPSA) is 77.9 Å². The number of amides is 1. The van der Waals surface area contributed by atoms with Gasteiger partial charge in [-0.15, -0.1) is 0 Å². The van der Waals surface area contributed by atoms with Crippen molar-refractivity contribution in [2.75, 3.05) is 5.32 Å². The summed E-state index contributed by atoms with van der Waals surface area (Å²) < 4.78 is 8.88. The van der Waals surface area contributed by atoms with E-state index in [1.54, 1.807) is 46.0 Å². The van der Waals surface area contributed by atoms with Gasteiger partial charge in [0.2, 0.25) is 0 Å². The van der Waals surface area contributed by atoms with Crippen LogP contribution < -0.4 is 5.32 Å². The number of anilines is 1. The van der Waals surface area contributed by atoms with Gasteiger partial charge < -0.3 is 9.73 Å². The number of aromatic nitrogens is 4. The van der Waals surface area contributed by atoms with Gasteiger partial charge in [-0.3, -0.25) is 14.2 Å². The number of hydrogen-bond acceptors (Lipinski definition) is 4. The highest BCUT2D eigenvalue weighted by Crippen LogP contribution is 2.25. The lowest BCUT2D eigenvalue weighted by Crippen LogP contribution is -2.12. The van der Waals surface area contributed by atoms with Crippen LogP contribution >= 0.6 is 34.8 Å². The van der Waals surface area contributed by atoms with Crippen molar-refractivity contribution in [1.82, 2.24) is 19.6 Å². The third-order valence-electron chi connectivity index (χ3n) is 4.04. The van der Waals surface area contributed by atoms with Gasteiger partial charge >= 0.3 is 0 Å². The van der Waals surface area contributed by atoms with Gasteiger partial charge in [0.1, 0.15) is 10.8 Å². The first-order valence-corrected chi connectivity index (χ1v) is 9.66. The van der Waals surface area contributed by atoms with E-state index >= 15 is 0 Å². The maximum Gasteiger partial charge on any atom is 0.292 e. The molecule has 148 valence electrons. The summed E-state index contributed by atoms with van der Waals surface area (Å²) >= 11 is 18.2. The van der Waals surface area contributed by atoms with Crippen LogP contribution in [0.1, 0.15) is 21.9 Å². The van der Waals surface area contributed by atoms with E-state index in [-0.39, 0.29) is 11.6 Å². The highest BCUT2D eigenvalue weighted by molar-refractivity contribution is 6.42. The standard InChI is InChI=1S/C19H14Cl3N5O2/c20-14-4-2-12(8-15(14)21)9-27-11-16(22)18(25-27)24-19(28)17-5-3-13(29-17)10-26-7-1-6-23-26/h1-8,11H,9-10H2,(H,24,25,28). The van der Waals surface area contributed by atoms with Gasteiger partial charge in [0, 0.05) is 18.6 Å². The molecule has 0 aliphatic rings. The first-order valence-electron chi connectivity index (χ1n) is 8.52. The van der Waals surface area contributed by atoms with Crippen LogP contribution in [-0.2, 0) is 13.1 Å². The third kappa shape index (κ3) is 4.64. The summed E-state index contributed by atoms with van der Waals surface area (Å²) in [5.41, 5.74) is 0.894. The van der Waals surface area contributed by atoms with Gasteiger partial charge in [0.05, 0.1) is 23.1 Å². The number of furan rings is 1. The molecule has 0 saturated carbocycles. The molecule has 1 N–H and O–H groups in total. The van der Waals surface area contributed by atoms with Crippen LogP contribution in [0.15, 0.2) is 59.4 Å². The molecule has 3 aromatic heterocycles. The van der Waals surface area contributed by atoms with Crippen molar-refractivity contribution in [3.05, 3.63) is 87.1 Å². The molecule has 0 aliphatic carbocycles. The van der Waals surface area contributed by atoms with Crippen LogP contribution in [-0.4, -0.2) is 25.5 Å². The van der Waals surface area contributed by atoms with Gasteiger partial charge in [-0.1, -0.05) is 40.9 Å². The lowest BCUT2D eigenvalue weighted by molar-refractivity contribution is 0.0994. The number of halogens is 3. The maximum absolute atomic E-state index is 12.5. The molecule has 0 spiro atoms. The SMILES string of the molecule is O=C(Nc1nn(Cc2ccc(Cl)c(Cl)c2)cc1Cl)c1ccc(Cn2cccn2)o1. The molecule has 0 fully saturated rings. The lowest BCUT2D eigenvalue weighted by Gasteiger charge is -2.04. The Morgan fingerprint density at radius 1 is 1.03 bits per heavy atom. The molecule has 0 radical (unpaired) electrons. The molecular formula is C19H14Cl3N5O2. The normalized spacial score (nSPS) is 11.0. The first kappa shape index (κ1) is 19.6. The molecule has 0 unspecified atom stereocenters. The van der Waals surface area contributed by atoms with Gasteiger partial charge in [0.25, 0.3) is 5.91 Å². The van der Waals surface area contributed by atoms with Crippen molar-refractivity contribution in [2.24, 2.45) is 0 Å². The Balaban J connectivity index is 1.43. The molecule has 0 bridgehead atoms. The van der Waals surface area contributed by atoms with Crippen molar-refractivity contribution in [1.29, 1.82) is 0 Å². The van der Waals surface area contributed by atoms with Crippen molar-refractivity contribution in [3.63, 3.8) is 0 Å². The molecule has 0 atom stereocenters. The van der Waals surface area contributed by atoms with Crippen LogP contribution in [0.3, 0.4) is 0 Å². The highest BCUT2D eigenvalue weighted by atomic mass is 35.5. The summed E-state index contributed by atoms with van der Waals surface area (Å²) in [6.45, 7) is 0.848. The quantitative estimate of drug-likeness (QED) is 0.449. The van der Waals surface area contributed by atoms with Crippen LogP contribution in [0.4, 0.5) is 5.82 Å². The number of benzene rings is 1. The summed E-state index contributed by atoms with van der Waals surface area (Å²) in [6.07, 6.45) is 5.10. The summed E-state index contributed by atoms with van der Waals surface area (Å²) in [7, 11) is 0. The summed E-state index contributed by atoms with van der Waals surface area (Å²) in [6, 6.07) is 10.4. The second kappa shape index (κ2) is 8.32. The van der Waals surface area contributed by atoms with E-state index in [0.29, 0.717) is 33.9 Å². The number of nitrogens with one attached hydrogen (secondary N) is 1. The molecule has 0 saturated heterocycles. The zero-order valence-electron chi connectivity index (χ0n) is 14.8.